The van der Waals surface area contributed by atoms with Gasteiger partial charge in [0.25, 0.3) is 0 Å². The summed E-state index contributed by atoms with van der Waals surface area (Å²) in [6, 6.07) is 0. The highest BCUT2D eigenvalue weighted by molar-refractivity contribution is 5.79. The van der Waals surface area contributed by atoms with Crippen molar-refractivity contribution in [3.63, 3.8) is 0 Å². The van der Waals surface area contributed by atoms with Crippen molar-refractivity contribution in [2.24, 2.45) is 16.8 Å². The van der Waals surface area contributed by atoms with E-state index in [0.29, 0.717) is 12.5 Å². The summed E-state index contributed by atoms with van der Waals surface area (Å²) in [6.45, 7) is 9.65. The average molecular weight is 230 g/mol. The first kappa shape index (κ1) is 15.2. The summed E-state index contributed by atoms with van der Waals surface area (Å²) in [4.78, 5) is 6.55. The number of rotatable bonds is 7. The van der Waals surface area contributed by atoms with Gasteiger partial charge >= 0.3 is 0 Å². The van der Waals surface area contributed by atoms with Crippen molar-refractivity contribution >= 4 is 5.96 Å². The fourth-order valence-electron chi connectivity index (χ4n) is 1.38. The SMILES string of the molecule is CCCN=C(NN)N(CCOC)CC(C)C. The Balaban J connectivity index is 4.41. The van der Waals surface area contributed by atoms with Gasteiger partial charge in [-0.2, -0.15) is 0 Å². The molecule has 0 aromatic rings. The number of methoxy groups -OCH3 is 1. The zero-order valence-corrected chi connectivity index (χ0v) is 11.0. The van der Waals surface area contributed by atoms with Crippen LogP contribution in [0.2, 0.25) is 0 Å². The van der Waals surface area contributed by atoms with Gasteiger partial charge in [0.1, 0.15) is 0 Å². The van der Waals surface area contributed by atoms with Crippen LogP contribution in [0.15, 0.2) is 4.99 Å². The third kappa shape index (κ3) is 6.63. The molecule has 0 heterocycles. The molecule has 5 heteroatoms. The summed E-state index contributed by atoms with van der Waals surface area (Å²) >= 11 is 0. The normalized spacial score (nSPS) is 12.0. The van der Waals surface area contributed by atoms with Gasteiger partial charge in [-0.25, -0.2) is 5.84 Å². The molecular weight excluding hydrogens is 204 g/mol. The van der Waals surface area contributed by atoms with Gasteiger partial charge in [0.2, 0.25) is 5.96 Å². The second-order valence-electron chi connectivity index (χ2n) is 4.18. The van der Waals surface area contributed by atoms with E-state index in [4.69, 9.17) is 10.6 Å². The molecular formula is C11H26N4O. The van der Waals surface area contributed by atoms with E-state index in [1.165, 1.54) is 0 Å². The minimum absolute atomic E-state index is 0.567. The molecule has 0 bridgehead atoms. The Bertz CT molecular complexity index is 194. The fraction of sp³-hybridized carbons (Fsp3) is 0.909. The van der Waals surface area contributed by atoms with Crippen molar-refractivity contribution < 1.29 is 4.74 Å². The molecule has 0 saturated heterocycles. The largest absolute Gasteiger partial charge is 0.383 e. The zero-order valence-electron chi connectivity index (χ0n) is 11.0. The molecule has 0 aliphatic carbocycles. The van der Waals surface area contributed by atoms with Gasteiger partial charge in [-0.05, 0) is 12.3 Å². The van der Waals surface area contributed by atoms with Crippen LogP contribution in [0.5, 0.6) is 0 Å². The minimum atomic E-state index is 0.567. The first-order valence-corrected chi connectivity index (χ1v) is 5.90. The second-order valence-corrected chi connectivity index (χ2v) is 4.18. The molecule has 0 aliphatic rings. The fourth-order valence-corrected chi connectivity index (χ4v) is 1.38. The van der Waals surface area contributed by atoms with Crippen LogP contribution in [0.4, 0.5) is 0 Å². The van der Waals surface area contributed by atoms with Crippen molar-refractivity contribution in [3.8, 4) is 0 Å². The highest BCUT2D eigenvalue weighted by Crippen LogP contribution is 1.99. The zero-order chi connectivity index (χ0) is 12.4. The molecule has 0 atom stereocenters. The second kappa shape index (κ2) is 9.42. The van der Waals surface area contributed by atoms with E-state index in [2.05, 4.69) is 36.1 Å². The van der Waals surface area contributed by atoms with Crippen LogP contribution in [0.3, 0.4) is 0 Å². The number of guanidine groups is 1. The number of ether oxygens (including phenoxy) is 1. The number of aliphatic imine (C=N–C) groups is 1. The molecule has 0 amide bonds. The Morgan fingerprint density at radius 2 is 2.19 bits per heavy atom. The molecule has 96 valence electrons. The Hall–Kier alpha value is -0.810. The molecule has 16 heavy (non-hydrogen) atoms. The number of nitrogens with one attached hydrogen (secondary N) is 1. The van der Waals surface area contributed by atoms with Crippen LogP contribution in [0, 0.1) is 5.92 Å². The van der Waals surface area contributed by atoms with Gasteiger partial charge in [0.05, 0.1) is 6.61 Å². The van der Waals surface area contributed by atoms with Crippen molar-refractivity contribution in [1.29, 1.82) is 0 Å². The summed E-state index contributed by atoms with van der Waals surface area (Å²) in [7, 11) is 1.70. The van der Waals surface area contributed by atoms with Gasteiger partial charge in [-0.3, -0.25) is 10.4 Å². The summed E-state index contributed by atoms with van der Waals surface area (Å²) in [5.74, 6) is 6.82. The molecule has 0 aliphatic heterocycles. The molecule has 5 nitrogen and oxygen atoms in total. The smallest absolute Gasteiger partial charge is 0.208 e. The molecule has 3 N–H and O–H groups in total. The van der Waals surface area contributed by atoms with Crippen LogP contribution in [-0.4, -0.2) is 44.2 Å². The Morgan fingerprint density at radius 3 is 2.62 bits per heavy atom. The predicted octanol–water partition coefficient (Wildman–Crippen LogP) is 0.820. The lowest BCUT2D eigenvalue weighted by Crippen LogP contribution is -2.47. The van der Waals surface area contributed by atoms with E-state index in [-0.39, 0.29) is 0 Å². The maximum absolute atomic E-state index is 5.50. The van der Waals surface area contributed by atoms with Crippen molar-refractivity contribution in [1.82, 2.24) is 10.3 Å². The van der Waals surface area contributed by atoms with E-state index in [1.807, 2.05) is 0 Å². The lowest BCUT2D eigenvalue weighted by molar-refractivity contribution is 0.170. The number of hydrogen-bond acceptors (Lipinski definition) is 3. The Morgan fingerprint density at radius 1 is 1.50 bits per heavy atom. The van der Waals surface area contributed by atoms with Crippen molar-refractivity contribution in [2.75, 3.05) is 33.4 Å². The molecule has 0 spiro atoms. The highest BCUT2D eigenvalue weighted by atomic mass is 16.5. The summed E-state index contributed by atoms with van der Waals surface area (Å²) in [6.07, 6.45) is 1.02. The lowest BCUT2D eigenvalue weighted by atomic mass is 10.2. The quantitative estimate of drug-likeness (QED) is 0.294. The molecule has 0 aromatic carbocycles. The third-order valence-corrected chi connectivity index (χ3v) is 2.06. The van der Waals surface area contributed by atoms with Crippen LogP contribution in [-0.2, 0) is 4.74 Å². The van der Waals surface area contributed by atoms with Gasteiger partial charge in [-0.1, -0.05) is 20.8 Å². The average Bonchev–Trinajstić information content (AvgIpc) is 2.25. The topological polar surface area (TPSA) is 62.9 Å². The minimum Gasteiger partial charge on any atom is -0.383 e. The van der Waals surface area contributed by atoms with Crippen molar-refractivity contribution in [3.05, 3.63) is 0 Å². The number of nitrogens with zero attached hydrogens (tertiary/aromatic N) is 2. The Kier molecular flexibility index (Phi) is 8.94. The monoisotopic (exact) mass is 230 g/mol. The van der Waals surface area contributed by atoms with Gasteiger partial charge in [-0.15, -0.1) is 0 Å². The maximum Gasteiger partial charge on any atom is 0.208 e. The summed E-state index contributed by atoms with van der Waals surface area (Å²) in [5.41, 5.74) is 2.67. The highest BCUT2D eigenvalue weighted by Gasteiger charge is 2.11. The van der Waals surface area contributed by atoms with Gasteiger partial charge in [0, 0.05) is 26.7 Å². The van der Waals surface area contributed by atoms with E-state index >= 15 is 0 Å². The molecule has 0 unspecified atom stereocenters. The van der Waals surface area contributed by atoms with E-state index in [1.54, 1.807) is 7.11 Å². The molecule has 0 fully saturated rings. The van der Waals surface area contributed by atoms with Crippen LogP contribution < -0.4 is 11.3 Å². The van der Waals surface area contributed by atoms with Crippen molar-refractivity contribution in [2.45, 2.75) is 27.2 Å². The summed E-state index contributed by atoms with van der Waals surface area (Å²) < 4.78 is 5.09. The predicted molar refractivity (Wildman–Crippen MR) is 68.2 cm³/mol. The van der Waals surface area contributed by atoms with Crippen LogP contribution in [0.25, 0.3) is 0 Å². The first-order chi connectivity index (χ1) is 7.65. The van der Waals surface area contributed by atoms with Gasteiger partial charge < -0.3 is 9.64 Å². The number of hydrazine groups is 1. The molecule has 0 rings (SSSR count). The molecule has 0 radical (unpaired) electrons. The molecule has 0 saturated carbocycles. The standard InChI is InChI=1S/C11H26N4O/c1-5-6-13-11(14-12)15(7-8-16-4)9-10(2)3/h10H,5-9,12H2,1-4H3,(H,13,14). The lowest BCUT2D eigenvalue weighted by Gasteiger charge is -2.27. The maximum atomic E-state index is 5.50. The molecule has 0 aromatic heterocycles. The van der Waals surface area contributed by atoms with Gasteiger partial charge in [0.15, 0.2) is 0 Å². The third-order valence-electron chi connectivity index (χ3n) is 2.06. The van der Waals surface area contributed by atoms with E-state index in [0.717, 1.165) is 32.0 Å². The van der Waals surface area contributed by atoms with E-state index < -0.39 is 0 Å². The first-order valence-electron chi connectivity index (χ1n) is 5.90. The Labute approximate surface area is 99.0 Å². The van der Waals surface area contributed by atoms with Crippen LogP contribution in [0.1, 0.15) is 27.2 Å². The van der Waals surface area contributed by atoms with E-state index in [9.17, 15) is 0 Å². The number of nitrogens with two attached hydrogens (primary N) is 1. The summed E-state index contributed by atoms with van der Waals surface area (Å²) in [5, 5.41) is 0. The number of hydrogen-bond donors (Lipinski definition) is 2. The van der Waals surface area contributed by atoms with Crippen LogP contribution >= 0.6 is 0 Å².